The van der Waals surface area contributed by atoms with Crippen LogP contribution in [0.15, 0.2) is 41.8 Å². The van der Waals surface area contributed by atoms with Gasteiger partial charge in [-0.2, -0.15) is 0 Å². The van der Waals surface area contributed by atoms with E-state index in [1.165, 1.54) is 28.0 Å². The van der Waals surface area contributed by atoms with Gasteiger partial charge in [-0.05, 0) is 31.0 Å². The second-order valence-corrected chi connectivity index (χ2v) is 6.79. The number of rotatable bonds is 7. The lowest BCUT2D eigenvalue weighted by Gasteiger charge is -2.15. The van der Waals surface area contributed by atoms with E-state index >= 15 is 0 Å². The number of amides is 1. The molecule has 3 aromatic heterocycles. The van der Waals surface area contributed by atoms with E-state index in [1.54, 1.807) is 12.3 Å². The van der Waals surface area contributed by atoms with E-state index < -0.39 is 11.9 Å². The highest BCUT2D eigenvalue weighted by atomic mass is 16.5. The van der Waals surface area contributed by atoms with Gasteiger partial charge in [0, 0.05) is 26.2 Å². The number of carbonyl (C=O) groups excluding carboxylic acids is 2. The van der Waals surface area contributed by atoms with Gasteiger partial charge in [-0.3, -0.25) is 24.2 Å². The third kappa shape index (κ3) is 4.00. The van der Waals surface area contributed by atoms with E-state index in [9.17, 15) is 14.4 Å². The van der Waals surface area contributed by atoms with Gasteiger partial charge >= 0.3 is 5.97 Å². The van der Waals surface area contributed by atoms with Gasteiger partial charge in [-0.15, -0.1) is 6.58 Å². The summed E-state index contributed by atoms with van der Waals surface area (Å²) in [5, 5.41) is 11.4. The number of aromatic nitrogens is 3. The zero-order valence-electron chi connectivity index (χ0n) is 16.9. The Morgan fingerprint density at radius 1 is 1.37 bits per heavy atom. The van der Waals surface area contributed by atoms with Crippen molar-refractivity contribution in [3.8, 4) is 0 Å². The number of nitrogens with zero attached hydrogens (tertiary/aromatic N) is 3. The molecule has 0 aromatic carbocycles. The average molecular weight is 409 g/mol. The summed E-state index contributed by atoms with van der Waals surface area (Å²) in [7, 11) is 0. The predicted molar refractivity (Wildman–Crippen MR) is 111 cm³/mol. The van der Waals surface area contributed by atoms with Crippen LogP contribution < -0.4 is 16.4 Å². The maximum absolute atomic E-state index is 13.1. The Balaban J connectivity index is 2.24. The fourth-order valence-electron chi connectivity index (χ4n) is 3.19. The molecule has 0 spiro atoms. The highest BCUT2D eigenvalue weighted by Crippen LogP contribution is 2.13. The van der Waals surface area contributed by atoms with E-state index in [0.29, 0.717) is 17.7 Å². The minimum atomic E-state index is -0.482. The molecule has 30 heavy (non-hydrogen) atoms. The number of esters is 1. The molecule has 2 N–H and O–H groups in total. The van der Waals surface area contributed by atoms with Gasteiger partial charge in [0.15, 0.2) is 0 Å². The van der Waals surface area contributed by atoms with Crippen molar-refractivity contribution in [1.29, 1.82) is 5.41 Å². The average Bonchev–Trinajstić information content (AvgIpc) is 2.71. The number of aryl methyl sites for hydroxylation is 2. The van der Waals surface area contributed by atoms with Crippen molar-refractivity contribution in [3.05, 3.63) is 64.0 Å². The molecule has 0 saturated carbocycles. The van der Waals surface area contributed by atoms with Gasteiger partial charge in [0.1, 0.15) is 16.8 Å². The molecule has 0 bridgehead atoms. The standard InChI is InChI=1S/C21H23N5O4/c1-4-8-23-20(28)15-12-16-19(25(17(15)22)10-6-11-30-14(3)27)24-18-13(2)7-5-9-26(18)21(16)29/h4-5,7,9,12,22H,1,6,8,10-11H2,2-3H3,(H,23,28). The SMILES string of the molecule is C=CCNC(=O)c1cc2c(=O)n3cccc(C)c3nc2n(CCCOC(C)=O)c1=N. The van der Waals surface area contributed by atoms with Crippen molar-refractivity contribution in [2.24, 2.45) is 0 Å². The topological polar surface area (TPSA) is 119 Å². The van der Waals surface area contributed by atoms with E-state index in [-0.39, 0.29) is 41.7 Å². The van der Waals surface area contributed by atoms with Crippen molar-refractivity contribution in [2.75, 3.05) is 13.2 Å². The minimum Gasteiger partial charge on any atom is -0.466 e. The number of hydrogen-bond acceptors (Lipinski definition) is 6. The monoisotopic (exact) mass is 409 g/mol. The van der Waals surface area contributed by atoms with Gasteiger partial charge in [0.2, 0.25) is 0 Å². The highest BCUT2D eigenvalue weighted by Gasteiger charge is 2.17. The van der Waals surface area contributed by atoms with Crippen LogP contribution in [-0.4, -0.2) is 39.0 Å². The zero-order chi connectivity index (χ0) is 21.8. The molecule has 9 nitrogen and oxygen atoms in total. The molecule has 0 atom stereocenters. The van der Waals surface area contributed by atoms with Crippen LogP contribution in [0.5, 0.6) is 0 Å². The quantitative estimate of drug-likeness (QED) is 0.264. The summed E-state index contributed by atoms with van der Waals surface area (Å²) >= 11 is 0. The molecule has 3 rings (SSSR count). The second kappa shape index (κ2) is 8.73. The van der Waals surface area contributed by atoms with Crippen LogP contribution >= 0.6 is 0 Å². The third-order valence-electron chi connectivity index (χ3n) is 4.62. The first-order valence-corrected chi connectivity index (χ1v) is 9.47. The van der Waals surface area contributed by atoms with Gasteiger partial charge < -0.3 is 14.6 Å². The van der Waals surface area contributed by atoms with Crippen LogP contribution in [0.4, 0.5) is 0 Å². The lowest BCUT2D eigenvalue weighted by Crippen LogP contribution is -2.35. The number of pyridine rings is 2. The molecule has 0 unspecified atom stereocenters. The van der Waals surface area contributed by atoms with Crippen LogP contribution in [0.3, 0.4) is 0 Å². The largest absolute Gasteiger partial charge is 0.466 e. The minimum absolute atomic E-state index is 0.0586. The Bertz CT molecular complexity index is 1270. The molecule has 0 saturated heterocycles. The zero-order valence-corrected chi connectivity index (χ0v) is 16.9. The molecule has 156 valence electrons. The first-order valence-electron chi connectivity index (χ1n) is 9.47. The summed E-state index contributed by atoms with van der Waals surface area (Å²) in [6, 6.07) is 5.00. The number of ether oxygens (including phenoxy) is 1. The van der Waals surface area contributed by atoms with Crippen molar-refractivity contribution in [2.45, 2.75) is 26.8 Å². The molecule has 0 aliphatic heterocycles. The Morgan fingerprint density at radius 3 is 2.83 bits per heavy atom. The molecule has 0 radical (unpaired) electrons. The van der Waals surface area contributed by atoms with E-state index in [4.69, 9.17) is 10.1 Å². The van der Waals surface area contributed by atoms with Crippen LogP contribution in [0, 0.1) is 12.3 Å². The van der Waals surface area contributed by atoms with Crippen LogP contribution in [0.1, 0.15) is 29.3 Å². The van der Waals surface area contributed by atoms with Crippen LogP contribution in [0.25, 0.3) is 16.7 Å². The van der Waals surface area contributed by atoms with Gasteiger partial charge in [0.25, 0.3) is 11.5 Å². The van der Waals surface area contributed by atoms with Gasteiger partial charge in [0.05, 0.1) is 17.6 Å². The normalized spacial score (nSPS) is 10.9. The first kappa shape index (κ1) is 21.0. The van der Waals surface area contributed by atoms with E-state index in [1.807, 2.05) is 13.0 Å². The van der Waals surface area contributed by atoms with Crippen LogP contribution in [-0.2, 0) is 16.1 Å². The number of carbonyl (C=O) groups is 2. The molecule has 3 aromatic rings. The van der Waals surface area contributed by atoms with E-state index in [0.717, 1.165) is 5.56 Å². The second-order valence-electron chi connectivity index (χ2n) is 6.79. The molecule has 0 aliphatic rings. The van der Waals surface area contributed by atoms with Crippen LogP contribution in [0.2, 0.25) is 0 Å². The Morgan fingerprint density at radius 2 is 2.13 bits per heavy atom. The molecule has 3 heterocycles. The lowest BCUT2D eigenvalue weighted by molar-refractivity contribution is -0.141. The summed E-state index contributed by atoms with van der Waals surface area (Å²) in [4.78, 5) is 41.4. The summed E-state index contributed by atoms with van der Waals surface area (Å²) < 4.78 is 7.91. The molecular formula is C21H23N5O4. The maximum atomic E-state index is 13.1. The molecule has 0 aliphatic carbocycles. The summed E-state index contributed by atoms with van der Waals surface area (Å²) in [5.41, 5.74) is 1.25. The van der Waals surface area contributed by atoms with Gasteiger partial charge in [-0.1, -0.05) is 12.1 Å². The van der Waals surface area contributed by atoms with Crippen molar-refractivity contribution in [1.82, 2.24) is 19.3 Å². The molecular weight excluding hydrogens is 386 g/mol. The number of fused-ring (bicyclic) bond motifs is 2. The maximum Gasteiger partial charge on any atom is 0.302 e. The summed E-state index contributed by atoms with van der Waals surface area (Å²) in [6.07, 6.45) is 3.55. The Hall–Kier alpha value is -3.75. The van der Waals surface area contributed by atoms with E-state index in [2.05, 4.69) is 16.9 Å². The number of nitrogens with one attached hydrogen (secondary N) is 2. The fraction of sp³-hybridized carbons (Fsp3) is 0.286. The summed E-state index contributed by atoms with van der Waals surface area (Å²) in [5.74, 6) is -0.879. The van der Waals surface area contributed by atoms with Crippen molar-refractivity contribution >= 4 is 28.6 Å². The first-order chi connectivity index (χ1) is 14.3. The highest BCUT2D eigenvalue weighted by molar-refractivity contribution is 5.96. The molecule has 9 heteroatoms. The third-order valence-corrected chi connectivity index (χ3v) is 4.62. The predicted octanol–water partition coefficient (Wildman–Crippen LogP) is 1.31. The van der Waals surface area contributed by atoms with Crippen molar-refractivity contribution in [3.63, 3.8) is 0 Å². The molecule has 0 fully saturated rings. The Kier molecular flexibility index (Phi) is 6.10. The smallest absolute Gasteiger partial charge is 0.302 e. The molecule has 1 amide bonds. The lowest BCUT2D eigenvalue weighted by atomic mass is 10.2. The van der Waals surface area contributed by atoms with Gasteiger partial charge in [-0.25, -0.2) is 4.98 Å². The summed E-state index contributed by atoms with van der Waals surface area (Å²) in [6.45, 7) is 7.37. The Labute approximate surface area is 172 Å². The van der Waals surface area contributed by atoms with Crippen molar-refractivity contribution < 1.29 is 14.3 Å². The fourth-order valence-corrected chi connectivity index (χ4v) is 3.19. The number of hydrogen-bond donors (Lipinski definition) is 2.